The van der Waals surface area contributed by atoms with Gasteiger partial charge in [0.2, 0.25) is 0 Å². The maximum absolute atomic E-state index is 14.0. The number of hydroxylamine groups is 1. The van der Waals surface area contributed by atoms with Crippen LogP contribution in [0.15, 0.2) is 60.7 Å². The van der Waals surface area contributed by atoms with Gasteiger partial charge in [-0.3, -0.25) is 19.2 Å². The fourth-order valence-corrected chi connectivity index (χ4v) is 10.2. The fraction of sp³-hybridized carbons (Fsp3) is 0.741. The summed E-state index contributed by atoms with van der Waals surface area (Å²) in [5, 5.41) is 40.4. The molecule has 1 N–H and O–H groups in total. The van der Waals surface area contributed by atoms with Gasteiger partial charge in [-0.1, -0.05) is 164 Å². The number of carboxylic acid groups (broad SMARTS) is 5. The van der Waals surface area contributed by atoms with E-state index < -0.39 is 116 Å². The number of unbranched alkanes of at least 4 members (excludes halogenated alkanes) is 1. The molecule has 0 atom stereocenters. The maximum Gasteiger partial charge on any atom is 0.452 e. The molecule has 0 aliphatic heterocycles. The summed E-state index contributed by atoms with van der Waals surface area (Å²) in [4.78, 5) is 106. The summed E-state index contributed by atoms with van der Waals surface area (Å²) in [7, 11) is -4.09. The van der Waals surface area contributed by atoms with Gasteiger partial charge in [-0.2, -0.15) is 57.6 Å². The van der Waals surface area contributed by atoms with Crippen LogP contribution in [0.25, 0.3) is 0 Å². The minimum atomic E-state index is -6.93. The van der Waals surface area contributed by atoms with E-state index in [-0.39, 0.29) is 54.4 Å². The second-order valence-electron chi connectivity index (χ2n) is 32.9. The number of ether oxygens (including phenoxy) is 5. The first-order chi connectivity index (χ1) is 55.7. The van der Waals surface area contributed by atoms with Gasteiger partial charge in [-0.05, 0) is 212 Å². The highest BCUT2D eigenvalue weighted by atomic mass is 32.2. The van der Waals surface area contributed by atoms with Crippen molar-refractivity contribution in [2.24, 2.45) is 56.2 Å². The van der Waals surface area contributed by atoms with Crippen molar-refractivity contribution in [3.05, 3.63) is 66.2 Å². The van der Waals surface area contributed by atoms with Crippen molar-refractivity contribution in [3.63, 3.8) is 0 Å². The third kappa shape index (κ3) is 61.5. The van der Waals surface area contributed by atoms with Crippen LogP contribution in [-0.4, -0.2) is 136 Å². The minimum Gasteiger partial charge on any atom is -0.550 e. The molecule has 5 aliphatic carbocycles. The maximum atomic E-state index is 14.0. The van der Waals surface area contributed by atoms with Crippen molar-refractivity contribution < 1.29 is 158 Å². The van der Waals surface area contributed by atoms with Gasteiger partial charge in [0.25, 0.3) is 0 Å². The van der Waals surface area contributed by atoms with Crippen LogP contribution in [0.1, 0.15) is 298 Å². The number of carbonyl (C=O) groups excluding carboxylic acids is 10. The largest absolute Gasteiger partial charge is 0.550 e. The lowest BCUT2D eigenvalue weighted by molar-refractivity contribution is -0.402. The van der Waals surface area contributed by atoms with Crippen molar-refractivity contribution >= 4 is 82.3 Å². The third-order valence-electron chi connectivity index (χ3n) is 19.2. The molecular weight excluding hydrogens is 1670 g/mol. The van der Waals surface area contributed by atoms with Crippen LogP contribution in [0, 0.1) is 56.2 Å². The van der Waals surface area contributed by atoms with Crippen LogP contribution in [0.2, 0.25) is 0 Å². The molecule has 0 amide bonds. The van der Waals surface area contributed by atoms with E-state index in [9.17, 15) is 102 Å². The number of carbonyl (C=O) groups is 10. The third-order valence-corrected chi connectivity index (χ3v) is 20.5. The highest BCUT2D eigenvalue weighted by Crippen LogP contribution is 2.54. The molecule has 0 unspecified atom stereocenters. The summed E-state index contributed by atoms with van der Waals surface area (Å²) >= 11 is 2.83. The van der Waals surface area contributed by atoms with Crippen LogP contribution in [0.5, 0.6) is 5.75 Å². The number of nitrogens with one attached hydrogen (secondary N) is 1. The van der Waals surface area contributed by atoms with Crippen molar-refractivity contribution in [1.29, 1.82) is 0 Å². The van der Waals surface area contributed by atoms with Gasteiger partial charge in [-0.15, -0.1) is 0 Å². The predicted octanol–water partition coefficient (Wildman–Crippen LogP) is 13.9. The quantitative estimate of drug-likeness (QED) is 0.0217. The summed E-state index contributed by atoms with van der Waals surface area (Å²) in [6, 6.07) is 14.6. The molecule has 2 aromatic carbocycles. The smallest absolute Gasteiger partial charge is 0.452 e. The molecule has 7 rings (SSSR count). The van der Waals surface area contributed by atoms with Crippen LogP contribution in [0.4, 0.5) is 39.5 Å². The molecule has 0 spiro atoms. The Kier molecular flexibility index (Phi) is 66.8. The lowest BCUT2D eigenvalue weighted by Crippen LogP contribution is -2.61. The first kappa shape index (κ1) is 127. The van der Waals surface area contributed by atoms with E-state index in [0.717, 1.165) is 38.8 Å². The summed E-state index contributed by atoms with van der Waals surface area (Å²) in [5.74, 6) is -11.0. The fourth-order valence-electron chi connectivity index (χ4n) is 9.26. The number of carboxylic acids is 5. The van der Waals surface area contributed by atoms with E-state index >= 15 is 0 Å². The number of hydrogen-bond acceptors (Lipinski definition) is 27. The molecular formula is C85H137F9NO25S2-5. The second-order valence-corrected chi connectivity index (χ2v) is 34.5. The van der Waals surface area contributed by atoms with Gasteiger partial charge < -0.3 is 77.4 Å². The molecule has 0 saturated heterocycles. The van der Waals surface area contributed by atoms with Crippen LogP contribution in [0.3, 0.4) is 0 Å². The zero-order chi connectivity index (χ0) is 97.1. The van der Waals surface area contributed by atoms with E-state index in [0.29, 0.717) is 48.7 Å². The standard InChI is InChI=1S/C22H26F9NO8S.C10H16.C8H14O4.2C7H14O2.C6H12O2.C6H12.C6H6.C6H14.C3H6O2.2C2H4O2.OS/c1-4-18(2,3)17(34)38-12-6-5-11-37-16(33)14-7-9-15(10-8-14)39-41(35,36)22(30,31)20(26,27)21(28,29)40-32-13-19(23,24)25;1-7-2-9-4-8(1)5-10(3-7)6-9;1-4-8(2,3)7(11)12-5-6(9)10;2*1-5-7(2,3)6(8)9-4;1-4-6(2,3)5(7)8;2*1-2-4-6-5-3-1;1-5-6(2,3)4;1-2-3(4)5;2*1-2(3)4;1-2/h7-10,32H,4-6,11-13H2,1-3H3;7-10H,1-6H2;4-5H2,1-3H3,(H,9,10);2*5H2,1-4H3;4H2,1-3H3,(H,7,8);1-6H2;1-6H;5H2,1-4H3;2H2,1H3,(H,4,5);2*1H3,(H,3,4);/p-5. The van der Waals surface area contributed by atoms with Gasteiger partial charge in [0, 0.05) is 29.3 Å². The average molecular weight is 1810 g/mol. The molecule has 712 valence electrons. The SMILES string of the molecule is C1C2CC3CC1CC(C2)C3.C1CCCCC1.CC(=O)[O-].CC(=O)[O-].CCC(=O)[O-].CCC(C)(C)C.CCC(C)(C)C(=O)OC.CCC(C)(C)C(=O)OC.CCC(C)(C)C(=O)OCC(=O)[O-].CCC(C)(C)C(=O)OCCCCOC(=O)c1ccc(OS(=O)(=O)C(F)(F)C(F)(F)C(F)(F)ONCC(F)(F)F)cc1.CCC(C)(C)C(=O)[O-].O=S.c1ccccc1. The zero-order valence-corrected chi connectivity index (χ0v) is 77.3. The Balaban J connectivity index is -0.000000266. The molecule has 5 fully saturated rings. The Hall–Kier alpha value is -7.80. The van der Waals surface area contributed by atoms with Gasteiger partial charge in [0.15, 0.2) is 12.5 Å². The second kappa shape index (κ2) is 64.0. The number of esters is 5. The van der Waals surface area contributed by atoms with E-state index in [1.807, 2.05) is 98.7 Å². The number of halogens is 9. The highest BCUT2D eigenvalue weighted by Gasteiger charge is 2.80. The van der Waals surface area contributed by atoms with Gasteiger partial charge >= 0.3 is 63.4 Å². The van der Waals surface area contributed by atoms with Crippen LogP contribution >= 0.6 is 0 Å². The molecule has 0 heterocycles. The Bertz CT molecular complexity index is 3220. The van der Waals surface area contributed by atoms with E-state index in [2.05, 4.69) is 63.5 Å². The van der Waals surface area contributed by atoms with E-state index in [4.69, 9.17) is 33.5 Å². The van der Waals surface area contributed by atoms with Crippen molar-refractivity contribution in [1.82, 2.24) is 5.48 Å². The van der Waals surface area contributed by atoms with Crippen molar-refractivity contribution in [3.8, 4) is 5.75 Å². The first-order valence-electron chi connectivity index (χ1n) is 40.2. The van der Waals surface area contributed by atoms with Gasteiger partial charge in [0.1, 0.15) is 18.9 Å². The monoisotopic (exact) mass is 1810 g/mol. The van der Waals surface area contributed by atoms with Crippen LogP contribution in [-0.2, 0) is 94.3 Å². The van der Waals surface area contributed by atoms with E-state index in [1.165, 1.54) is 89.8 Å². The molecule has 26 nitrogen and oxygen atoms in total. The molecule has 122 heavy (non-hydrogen) atoms. The summed E-state index contributed by atoms with van der Waals surface area (Å²) < 4.78 is 177. The minimum absolute atomic E-state index is 0.0616. The molecule has 0 radical (unpaired) electrons. The topological polar surface area (TPSA) is 414 Å². The summed E-state index contributed by atoms with van der Waals surface area (Å²) in [5.41, 5.74) is -1.97. The molecule has 37 heteroatoms. The Labute approximate surface area is 722 Å². The number of rotatable bonds is 27. The van der Waals surface area contributed by atoms with Crippen molar-refractivity contribution in [2.75, 3.05) is 40.6 Å². The normalized spacial score (nSPS) is 15.6. The van der Waals surface area contributed by atoms with Gasteiger partial charge in [-0.25, -0.2) is 9.63 Å². The van der Waals surface area contributed by atoms with Gasteiger partial charge in [0.05, 0.1) is 60.6 Å². The number of benzene rings is 2. The van der Waals surface area contributed by atoms with Crippen LogP contribution < -0.4 is 35.2 Å². The molecule has 5 saturated carbocycles. The van der Waals surface area contributed by atoms with Crippen molar-refractivity contribution in [2.45, 2.75) is 311 Å². The summed E-state index contributed by atoms with van der Waals surface area (Å²) in [6.45, 7) is 36.2. The molecule has 2 aromatic rings. The zero-order valence-electron chi connectivity index (χ0n) is 75.7. The van der Waals surface area contributed by atoms with E-state index in [1.54, 1.807) is 80.1 Å². The number of methoxy groups -OCH3 is 2. The highest BCUT2D eigenvalue weighted by molar-refractivity contribution is 7.88. The summed E-state index contributed by atoms with van der Waals surface area (Å²) in [6.07, 6.45) is 12.3. The number of alkyl halides is 9. The Morgan fingerprint density at radius 3 is 0.951 bits per heavy atom. The Morgan fingerprint density at radius 1 is 0.443 bits per heavy atom. The number of hydrogen-bond donors (Lipinski definition) is 1. The lowest BCUT2D eigenvalue weighted by atomic mass is 9.56. The lowest BCUT2D eigenvalue weighted by Gasteiger charge is -2.49. The first-order valence-corrected chi connectivity index (χ1v) is 41.9. The average Bonchev–Trinajstić information content (AvgIpc) is 0.739. The molecule has 0 aromatic heterocycles. The Morgan fingerprint density at radius 2 is 0.721 bits per heavy atom. The predicted molar refractivity (Wildman–Crippen MR) is 432 cm³/mol. The molecule has 4 bridgehead atoms. The molecule has 5 aliphatic rings. The number of aliphatic carboxylic acids is 5.